The van der Waals surface area contributed by atoms with E-state index in [9.17, 15) is 17.6 Å². The van der Waals surface area contributed by atoms with Crippen LogP contribution in [0.2, 0.25) is 0 Å². The second-order valence-electron chi connectivity index (χ2n) is 6.72. The third-order valence-electron chi connectivity index (χ3n) is 4.64. The molecule has 0 saturated heterocycles. The highest BCUT2D eigenvalue weighted by Gasteiger charge is 2.22. The fourth-order valence-corrected chi connectivity index (χ4v) is 5.53. The first-order valence-corrected chi connectivity index (χ1v) is 12.1. The van der Waals surface area contributed by atoms with Gasteiger partial charge in [0.05, 0.1) is 15.5 Å². The van der Waals surface area contributed by atoms with Crippen LogP contribution in [0.25, 0.3) is 10.1 Å². The van der Waals surface area contributed by atoms with E-state index < -0.39 is 15.8 Å². The largest absolute Gasteiger partial charge is 0.321 e. The molecule has 0 unspecified atom stereocenters. The molecule has 9 heteroatoms. The minimum atomic E-state index is -3.85. The number of thiophene rings is 1. The summed E-state index contributed by atoms with van der Waals surface area (Å²) in [4.78, 5) is 13.1. The van der Waals surface area contributed by atoms with Crippen LogP contribution in [0.15, 0.2) is 82.2 Å². The molecule has 0 fully saturated rings. The van der Waals surface area contributed by atoms with Crippen molar-refractivity contribution < 1.29 is 17.6 Å². The van der Waals surface area contributed by atoms with Gasteiger partial charge in [0.2, 0.25) is 0 Å². The Hall–Kier alpha value is -2.75. The van der Waals surface area contributed by atoms with Gasteiger partial charge in [0, 0.05) is 21.9 Å². The zero-order valence-corrected chi connectivity index (χ0v) is 19.4. The van der Waals surface area contributed by atoms with Crippen molar-refractivity contribution in [2.75, 3.05) is 16.7 Å². The van der Waals surface area contributed by atoms with Crippen molar-refractivity contribution >= 4 is 64.7 Å². The van der Waals surface area contributed by atoms with E-state index in [4.69, 9.17) is 0 Å². The number of anilines is 2. The fourth-order valence-electron chi connectivity index (χ4n) is 3.00. The maximum absolute atomic E-state index is 13.2. The molecule has 4 rings (SSSR count). The SMILES string of the molecule is CN(c1ccc2sc(C(=O)Nc3cccc(Br)c3)cc2c1)S(=O)(=O)c1ccc(F)cc1. The Labute approximate surface area is 191 Å². The monoisotopic (exact) mass is 518 g/mol. The molecule has 0 bridgehead atoms. The summed E-state index contributed by atoms with van der Waals surface area (Å²) in [5.41, 5.74) is 1.11. The van der Waals surface area contributed by atoms with Gasteiger partial charge in [0.25, 0.3) is 15.9 Å². The number of carbonyl (C=O) groups is 1. The molecule has 0 spiro atoms. The first-order chi connectivity index (χ1) is 14.7. The lowest BCUT2D eigenvalue weighted by molar-refractivity contribution is 0.103. The van der Waals surface area contributed by atoms with E-state index in [0.717, 1.165) is 31.0 Å². The molecule has 31 heavy (non-hydrogen) atoms. The molecule has 0 aliphatic carbocycles. The summed E-state index contributed by atoms with van der Waals surface area (Å²) in [6.45, 7) is 0. The summed E-state index contributed by atoms with van der Waals surface area (Å²) < 4.78 is 41.7. The molecule has 0 aliphatic rings. The summed E-state index contributed by atoms with van der Waals surface area (Å²) in [6.07, 6.45) is 0. The minimum Gasteiger partial charge on any atom is -0.321 e. The van der Waals surface area contributed by atoms with Crippen LogP contribution < -0.4 is 9.62 Å². The van der Waals surface area contributed by atoms with Gasteiger partial charge in [-0.1, -0.05) is 22.0 Å². The van der Waals surface area contributed by atoms with E-state index in [1.807, 2.05) is 12.1 Å². The molecular formula is C22H16BrFN2O3S2. The molecule has 0 atom stereocenters. The van der Waals surface area contributed by atoms with Gasteiger partial charge in [-0.2, -0.15) is 0 Å². The number of nitrogens with zero attached hydrogens (tertiary/aromatic N) is 1. The number of rotatable bonds is 5. The normalized spacial score (nSPS) is 11.5. The van der Waals surface area contributed by atoms with Crippen molar-refractivity contribution in [3.8, 4) is 0 Å². The standard InChI is InChI=1S/C22H16BrFN2O3S2/c1-26(31(28,29)19-8-5-16(24)6-9-19)18-7-10-20-14(11-18)12-21(30-20)22(27)25-17-4-2-3-15(23)13-17/h2-13H,1H3,(H,25,27). The lowest BCUT2D eigenvalue weighted by Crippen LogP contribution is -2.26. The quantitative estimate of drug-likeness (QED) is 0.358. The smallest absolute Gasteiger partial charge is 0.265 e. The van der Waals surface area contributed by atoms with Gasteiger partial charge >= 0.3 is 0 Å². The Morgan fingerprint density at radius 2 is 1.77 bits per heavy atom. The topological polar surface area (TPSA) is 66.5 Å². The van der Waals surface area contributed by atoms with Crippen molar-refractivity contribution in [1.82, 2.24) is 0 Å². The van der Waals surface area contributed by atoms with Gasteiger partial charge in [-0.25, -0.2) is 12.8 Å². The van der Waals surface area contributed by atoms with Crippen molar-refractivity contribution in [3.05, 3.63) is 88.0 Å². The second-order valence-corrected chi connectivity index (χ2v) is 10.7. The number of carbonyl (C=O) groups excluding carboxylic acids is 1. The Bertz CT molecular complexity index is 1390. The van der Waals surface area contributed by atoms with Crippen molar-refractivity contribution in [1.29, 1.82) is 0 Å². The molecule has 0 radical (unpaired) electrons. The van der Waals surface area contributed by atoms with Crippen molar-refractivity contribution in [2.24, 2.45) is 0 Å². The van der Waals surface area contributed by atoms with Gasteiger partial charge in [0.1, 0.15) is 5.82 Å². The molecule has 1 amide bonds. The van der Waals surface area contributed by atoms with E-state index in [1.54, 1.807) is 36.4 Å². The number of hydrogen-bond acceptors (Lipinski definition) is 4. The highest BCUT2D eigenvalue weighted by molar-refractivity contribution is 9.10. The van der Waals surface area contributed by atoms with E-state index >= 15 is 0 Å². The van der Waals surface area contributed by atoms with Crippen LogP contribution in [-0.2, 0) is 10.0 Å². The number of amides is 1. The minimum absolute atomic E-state index is 0.00379. The molecule has 1 N–H and O–H groups in total. The van der Waals surface area contributed by atoms with Crippen LogP contribution in [-0.4, -0.2) is 21.4 Å². The van der Waals surface area contributed by atoms with Crippen molar-refractivity contribution in [3.63, 3.8) is 0 Å². The molecule has 1 aromatic heterocycles. The Kier molecular flexibility index (Phi) is 5.83. The molecule has 0 saturated carbocycles. The number of nitrogens with one attached hydrogen (secondary N) is 1. The summed E-state index contributed by atoms with van der Waals surface area (Å²) in [7, 11) is -2.41. The summed E-state index contributed by atoms with van der Waals surface area (Å²) in [5.74, 6) is -0.747. The van der Waals surface area contributed by atoms with E-state index in [0.29, 0.717) is 16.3 Å². The van der Waals surface area contributed by atoms with Crippen LogP contribution in [0.1, 0.15) is 9.67 Å². The van der Waals surface area contributed by atoms with Crippen LogP contribution in [0.3, 0.4) is 0 Å². The average molecular weight is 519 g/mol. The first kappa shape index (κ1) is 21.5. The highest BCUT2D eigenvalue weighted by Crippen LogP contribution is 2.31. The van der Waals surface area contributed by atoms with E-state index in [-0.39, 0.29) is 10.8 Å². The Balaban J connectivity index is 1.61. The fraction of sp³-hybridized carbons (Fsp3) is 0.0455. The molecular weight excluding hydrogens is 503 g/mol. The van der Waals surface area contributed by atoms with Gasteiger partial charge < -0.3 is 5.32 Å². The number of hydrogen-bond donors (Lipinski definition) is 1. The predicted octanol–water partition coefficient (Wildman–Crippen LogP) is 5.88. The first-order valence-electron chi connectivity index (χ1n) is 9.09. The maximum Gasteiger partial charge on any atom is 0.265 e. The Morgan fingerprint density at radius 3 is 2.48 bits per heavy atom. The second kappa shape index (κ2) is 8.41. The van der Waals surface area contributed by atoms with Crippen LogP contribution >= 0.6 is 27.3 Å². The average Bonchev–Trinajstić information content (AvgIpc) is 3.17. The number of fused-ring (bicyclic) bond motifs is 1. The summed E-state index contributed by atoms with van der Waals surface area (Å²) >= 11 is 4.69. The molecule has 0 aliphatic heterocycles. The molecule has 3 aromatic carbocycles. The lowest BCUT2D eigenvalue weighted by Gasteiger charge is -2.19. The number of benzene rings is 3. The van der Waals surface area contributed by atoms with Crippen LogP contribution in [0, 0.1) is 5.82 Å². The van der Waals surface area contributed by atoms with Gasteiger partial charge in [-0.15, -0.1) is 11.3 Å². The molecule has 1 heterocycles. The third-order valence-corrected chi connectivity index (χ3v) is 8.05. The molecule has 158 valence electrons. The number of halogens is 2. The zero-order chi connectivity index (χ0) is 22.2. The van der Waals surface area contributed by atoms with Crippen LogP contribution in [0.4, 0.5) is 15.8 Å². The van der Waals surface area contributed by atoms with Crippen LogP contribution in [0.5, 0.6) is 0 Å². The molecule has 5 nitrogen and oxygen atoms in total. The van der Waals surface area contributed by atoms with Gasteiger partial charge in [0.15, 0.2) is 0 Å². The predicted molar refractivity (Wildman–Crippen MR) is 126 cm³/mol. The highest BCUT2D eigenvalue weighted by atomic mass is 79.9. The zero-order valence-electron chi connectivity index (χ0n) is 16.2. The lowest BCUT2D eigenvalue weighted by atomic mass is 10.2. The van der Waals surface area contributed by atoms with Crippen molar-refractivity contribution in [2.45, 2.75) is 4.90 Å². The third kappa shape index (κ3) is 4.48. The Morgan fingerprint density at radius 1 is 1.03 bits per heavy atom. The van der Waals surface area contributed by atoms with Gasteiger partial charge in [-0.05, 0) is 72.1 Å². The van der Waals surface area contributed by atoms with E-state index in [2.05, 4.69) is 21.2 Å². The molecule has 4 aromatic rings. The summed E-state index contributed by atoms with van der Waals surface area (Å²) in [6, 6.07) is 18.9. The van der Waals surface area contributed by atoms with Gasteiger partial charge in [-0.3, -0.25) is 9.10 Å². The maximum atomic E-state index is 13.2. The summed E-state index contributed by atoms with van der Waals surface area (Å²) in [5, 5.41) is 3.61. The number of sulfonamides is 1. The van der Waals surface area contributed by atoms with E-state index in [1.165, 1.54) is 30.5 Å².